The monoisotopic (exact) mass is 484 g/mol. The van der Waals surface area contributed by atoms with E-state index in [-0.39, 0.29) is 5.56 Å². The van der Waals surface area contributed by atoms with E-state index in [1.54, 1.807) is 0 Å². The number of halogens is 1. The van der Waals surface area contributed by atoms with Crippen molar-refractivity contribution in [3.8, 4) is 0 Å². The molecule has 3 aromatic rings. The molecule has 0 aliphatic carbocycles. The van der Waals surface area contributed by atoms with Gasteiger partial charge in [0.1, 0.15) is 0 Å². The number of benzene rings is 1. The van der Waals surface area contributed by atoms with E-state index in [1.807, 2.05) is 32.2 Å². The average molecular weight is 485 g/mol. The lowest BCUT2D eigenvalue weighted by Crippen LogP contribution is -2.39. The number of rotatable bonds is 6. The first kappa shape index (κ1) is 21.8. The number of H-pyrrole nitrogens is 1. The molecule has 1 aromatic carbocycles. The van der Waals surface area contributed by atoms with Crippen molar-refractivity contribution in [3.63, 3.8) is 0 Å². The molecule has 164 valence electrons. The fourth-order valence-corrected chi connectivity index (χ4v) is 4.93. The molecule has 0 spiro atoms. The van der Waals surface area contributed by atoms with Crippen LogP contribution in [0.25, 0.3) is 10.9 Å². The molecule has 0 bridgehead atoms. The third kappa shape index (κ3) is 4.62. The molecule has 2 N–H and O–H groups in total. The number of aryl methyl sites for hydroxylation is 2. The highest BCUT2D eigenvalue weighted by Gasteiger charge is 2.23. The Balaban J connectivity index is 1.71. The van der Waals surface area contributed by atoms with Crippen LogP contribution in [0.15, 0.2) is 39.7 Å². The summed E-state index contributed by atoms with van der Waals surface area (Å²) in [5, 5.41) is 4.52. The molecule has 7 heteroatoms. The van der Waals surface area contributed by atoms with Crippen LogP contribution >= 0.6 is 15.9 Å². The first-order chi connectivity index (χ1) is 15.0. The van der Waals surface area contributed by atoms with Gasteiger partial charge in [-0.3, -0.25) is 9.78 Å². The molecule has 0 unspecified atom stereocenters. The number of hydrogen-bond acceptors (Lipinski definition) is 5. The highest BCUT2D eigenvalue weighted by Crippen LogP contribution is 2.35. The summed E-state index contributed by atoms with van der Waals surface area (Å²) in [5.74, 6) is 0. The molecule has 0 saturated carbocycles. The predicted molar refractivity (Wildman–Crippen MR) is 130 cm³/mol. The van der Waals surface area contributed by atoms with Gasteiger partial charge in [-0.2, -0.15) is 0 Å². The van der Waals surface area contributed by atoms with Crippen LogP contribution in [0.3, 0.4) is 0 Å². The third-order valence-electron chi connectivity index (χ3n) is 6.02. The number of hydrogen-bond donors (Lipinski definition) is 2. The van der Waals surface area contributed by atoms with Crippen molar-refractivity contribution in [3.05, 3.63) is 62.1 Å². The van der Waals surface area contributed by atoms with Crippen molar-refractivity contribution in [1.82, 2.24) is 9.97 Å². The van der Waals surface area contributed by atoms with E-state index >= 15 is 0 Å². The average Bonchev–Trinajstić information content (AvgIpc) is 2.74. The molecule has 1 fully saturated rings. The number of fused-ring (bicyclic) bond motifs is 1. The van der Waals surface area contributed by atoms with Crippen LogP contribution < -0.4 is 15.8 Å². The smallest absolute Gasteiger partial charge is 0.253 e. The van der Waals surface area contributed by atoms with E-state index in [4.69, 9.17) is 9.72 Å². The lowest BCUT2D eigenvalue weighted by molar-refractivity contribution is 0.0847. The Morgan fingerprint density at radius 3 is 2.74 bits per heavy atom. The first-order valence-electron chi connectivity index (χ1n) is 10.8. The van der Waals surface area contributed by atoms with Crippen molar-refractivity contribution in [2.75, 3.05) is 30.0 Å². The molecular weight excluding hydrogens is 456 g/mol. The maximum absolute atomic E-state index is 12.4. The Hall–Kier alpha value is -2.38. The minimum absolute atomic E-state index is 0.0399. The molecule has 0 atom stereocenters. The SMILES string of the molecule is CCN(c1cc(Br)cc2c(NCc3c(C)cc(C)[nH]c3=O)ccnc12)C1CCOCC1. The number of nitrogens with zero attached hydrogens (tertiary/aromatic N) is 2. The lowest BCUT2D eigenvalue weighted by atomic mass is 10.0. The van der Waals surface area contributed by atoms with Crippen LogP contribution in [0.5, 0.6) is 0 Å². The van der Waals surface area contributed by atoms with E-state index in [0.29, 0.717) is 12.6 Å². The largest absolute Gasteiger partial charge is 0.381 e. The maximum atomic E-state index is 12.4. The van der Waals surface area contributed by atoms with Crippen LogP contribution in [0.2, 0.25) is 0 Å². The summed E-state index contributed by atoms with van der Waals surface area (Å²) in [5.41, 5.74) is 5.65. The second-order valence-electron chi connectivity index (χ2n) is 8.11. The second kappa shape index (κ2) is 9.40. The highest BCUT2D eigenvalue weighted by atomic mass is 79.9. The third-order valence-corrected chi connectivity index (χ3v) is 6.48. The Kier molecular flexibility index (Phi) is 6.62. The van der Waals surface area contributed by atoms with E-state index in [1.165, 1.54) is 0 Å². The molecule has 3 heterocycles. The zero-order valence-electron chi connectivity index (χ0n) is 18.3. The predicted octanol–water partition coefficient (Wildman–Crippen LogP) is 4.92. The van der Waals surface area contributed by atoms with Gasteiger partial charge in [-0.05, 0) is 63.4 Å². The van der Waals surface area contributed by atoms with Gasteiger partial charge in [-0.1, -0.05) is 15.9 Å². The Labute approximate surface area is 191 Å². The number of pyridine rings is 2. The highest BCUT2D eigenvalue weighted by molar-refractivity contribution is 9.10. The zero-order chi connectivity index (χ0) is 22.0. The second-order valence-corrected chi connectivity index (χ2v) is 9.02. The minimum atomic E-state index is -0.0399. The first-order valence-corrected chi connectivity index (χ1v) is 11.6. The molecule has 31 heavy (non-hydrogen) atoms. The van der Waals surface area contributed by atoms with E-state index in [9.17, 15) is 4.79 Å². The summed E-state index contributed by atoms with van der Waals surface area (Å²) in [6.45, 7) is 9.05. The lowest BCUT2D eigenvalue weighted by Gasteiger charge is -2.36. The number of anilines is 2. The quantitative estimate of drug-likeness (QED) is 0.519. The summed E-state index contributed by atoms with van der Waals surface area (Å²) in [6.07, 6.45) is 3.89. The summed E-state index contributed by atoms with van der Waals surface area (Å²) in [7, 11) is 0. The van der Waals surface area contributed by atoms with E-state index in [2.05, 4.69) is 50.2 Å². The van der Waals surface area contributed by atoms with Gasteiger partial charge < -0.3 is 19.9 Å². The zero-order valence-corrected chi connectivity index (χ0v) is 19.9. The Bertz CT molecular complexity index is 1140. The number of nitrogens with one attached hydrogen (secondary N) is 2. The topological polar surface area (TPSA) is 70.2 Å². The van der Waals surface area contributed by atoms with Gasteiger partial charge in [-0.15, -0.1) is 0 Å². The molecule has 6 nitrogen and oxygen atoms in total. The van der Waals surface area contributed by atoms with Crippen LogP contribution in [0.1, 0.15) is 36.6 Å². The number of aromatic nitrogens is 2. The van der Waals surface area contributed by atoms with Crippen LogP contribution in [-0.2, 0) is 11.3 Å². The van der Waals surface area contributed by atoms with Gasteiger partial charge in [0, 0.05) is 65.3 Å². The molecule has 2 aromatic heterocycles. The van der Waals surface area contributed by atoms with Gasteiger partial charge in [0.15, 0.2) is 0 Å². The molecule has 4 rings (SSSR count). The fourth-order valence-electron chi connectivity index (χ4n) is 4.48. The molecular formula is C24H29BrN4O2. The summed E-state index contributed by atoms with van der Waals surface area (Å²) < 4.78 is 6.59. The van der Waals surface area contributed by atoms with Gasteiger partial charge >= 0.3 is 0 Å². The van der Waals surface area contributed by atoms with Crippen molar-refractivity contribution >= 4 is 38.2 Å². The normalized spacial score (nSPS) is 14.7. The Morgan fingerprint density at radius 2 is 2.03 bits per heavy atom. The number of aromatic amines is 1. The molecule has 0 amide bonds. The number of ether oxygens (including phenoxy) is 1. The fraction of sp³-hybridized carbons (Fsp3) is 0.417. The van der Waals surface area contributed by atoms with Gasteiger partial charge in [-0.25, -0.2) is 0 Å². The van der Waals surface area contributed by atoms with Crippen molar-refractivity contribution in [2.45, 2.75) is 46.2 Å². The van der Waals surface area contributed by atoms with E-state index < -0.39 is 0 Å². The van der Waals surface area contributed by atoms with Crippen molar-refractivity contribution < 1.29 is 4.74 Å². The van der Waals surface area contributed by atoms with Crippen molar-refractivity contribution in [2.24, 2.45) is 0 Å². The van der Waals surface area contributed by atoms with Crippen LogP contribution in [0.4, 0.5) is 11.4 Å². The minimum Gasteiger partial charge on any atom is -0.381 e. The van der Waals surface area contributed by atoms with Crippen molar-refractivity contribution in [1.29, 1.82) is 0 Å². The van der Waals surface area contributed by atoms with E-state index in [0.717, 1.165) is 76.2 Å². The van der Waals surface area contributed by atoms with Gasteiger partial charge in [0.25, 0.3) is 5.56 Å². The molecule has 1 aliphatic heterocycles. The van der Waals surface area contributed by atoms with Gasteiger partial charge in [0.05, 0.1) is 11.2 Å². The van der Waals surface area contributed by atoms with Gasteiger partial charge in [0.2, 0.25) is 0 Å². The van der Waals surface area contributed by atoms with Crippen LogP contribution in [-0.4, -0.2) is 35.8 Å². The molecule has 0 radical (unpaired) electrons. The summed E-state index contributed by atoms with van der Waals surface area (Å²) >= 11 is 3.70. The summed E-state index contributed by atoms with van der Waals surface area (Å²) in [4.78, 5) is 22.5. The maximum Gasteiger partial charge on any atom is 0.253 e. The summed E-state index contributed by atoms with van der Waals surface area (Å²) in [6, 6.07) is 8.68. The van der Waals surface area contributed by atoms with Crippen LogP contribution in [0, 0.1) is 13.8 Å². The standard InChI is InChI=1S/C24H29BrN4O2/c1-4-29(18-6-9-31-10-7-18)22-13-17(25)12-19-21(5-8-26-23(19)22)27-14-20-15(2)11-16(3)28-24(20)30/h5,8,11-13,18H,4,6-7,9-10,14H2,1-3H3,(H,26,27)(H,28,30). The Morgan fingerprint density at radius 1 is 1.26 bits per heavy atom. The molecule has 1 saturated heterocycles. The molecule has 1 aliphatic rings.